The van der Waals surface area contributed by atoms with Gasteiger partial charge in [-0.1, -0.05) is 0 Å². The Kier molecular flexibility index (Phi) is 4.77. The summed E-state index contributed by atoms with van der Waals surface area (Å²) < 4.78 is 5.32. The second-order valence-electron chi connectivity index (χ2n) is 7.65. The molecule has 0 spiro atoms. The summed E-state index contributed by atoms with van der Waals surface area (Å²) in [6.45, 7) is 4.83. The van der Waals surface area contributed by atoms with E-state index < -0.39 is 0 Å². The number of hydrogen-bond acceptors (Lipinski definition) is 6. The van der Waals surface area contributed by atoms with Crippen LogP contribution in [0.4, 0.5) is 0 Å². The van der Waals surface area contributed by atoms with E-state index >= 15 is 0 Å². The molecule has 6 nitrogen and oxygen atoms in total. The fourth-order valence-corrected chi connectivity index (χ4v) is 4.05. The Morgan fingerprint density at radius 1 is 1.03 bits per heavy atom. The normalized spacial score (nSPS) is 15.8. The van der Waals surface area contributed by atoms with E-state index in [9.17, 15) is 0 Å². The second kappa shape index (κ2) is 7.72. The molecule has 0 aliphatic carbocycles. The molecule has 0 atom stereocenters. The van der Waals surface area contributed by atoms with Crippen LogP contribution >= 0.6 is 0 Å². The number of pyridine rings is 3. The molecule has 4 aromatic heterocycles. The van der Waals surface area contributed by atoms with Crippen molar-refractivity contribution in [2.45, 2.75) is 32.2 Å². The van der Waals surface area contributed by atoms with E-state index in [2.05, 4.69) is 38.1 Å². The SMILES string of the molecule is Cc1nc(CN2CCC(c3ccc4cc(-c5ccncc5)cnc4n3)CC2)co1. The van der Waals surface area contributed by atoms with Gasteiger partial charge in [0.15, 0.2) is 11.5 Å². The molecular weight excluding hydrogens is 362 g/mol. The van der Waals surface area contributed by atoms with Crippen molar-refractivity contribution in [3.8, 4) is 11.1 Å². The zero-order valence-corrected chi connectivity index (χ0v) is 16.5. The Morgan fingerprint density at radius 3 is 2.62 bits per heavy atom. The predicted octanol–water partition coefficient (Wildman–Crippen LogP) is 4.37. The van der Waals surface area contributed by atoms with Gasteiger partial charge in [-0.3, -0.25) is 9.88 Å². The highest BCUT2D eigenvalue weighted by Gasteiger charge is 2.22. The zero-order valence-electron chi connectivity index (χ0n) is 16.5. The average molecular weight is 385 g/mol. The van der Waals surface area contributed by atoms with Gasteiger partial charge in [0.05, 0.1) is 5.69 Å². The molecule has 0 unspecified atom stereocenters. The highest BCUT2D eigenvalue weighted by atomic mass is 16.3. The van der Waals surface area contributed by atoms with Crippen molar-refractivity contribution in [1.82, 2.24) is 24.8 Å². The molecule has 146 valence electrons. The number of piperidine rings is 1. The van der Waals surface area contributed by atoms with Crippen LogP contribution in [0.1, 0.15) is 36.0 Å². The standard InChI is InChI=1S/C23H23N5O/c1-16-26-21(15-29-16)14-28-10-6-18(7-11-28)22-3-2-19-12-20(13-25-23(19)27-22)17-4-8-24-9-5-17/h2-5,8-9,12-13,15,18H,6-7,10-11,14H2,1H3. The van der Waals surface area contributed by atoms with Gasteiger partial charge in [-0.05, 0) is 61.8 Å². The number of rotatable bonds is 4. The lowest BCUT2D eigenvalue weighted by atomic mass is 9.92. The Bertz CT molecular complexity index is 1120. The van der Waals surface area contributed by atoms with Crippen LogP contribution in [0, 0.1) is 6.92 Å². The van der Waals surface area contributed by atoms with E-state index in [-0.39, 0.29) is 0 Å². The maximum atomic E-state index is 5.32. The lowest BCUT2D eigenvalue weighted by Crippen LogP contribution is -2.32. The molecule has 6 heteroatoms. The zero-order chi connectivity index (χ0) is 19.6. The van der Waals surface area contributed by atoms with Gasteiger partial charge in [-0.2, -0.15) is 0 Å². The molecule has 0 N–H and O–H groups in total. The summed E-state index contributed by atoms with van der Waals surface area (Å²) in [5, 5.41) is 1.07. The van der Waals surface area contributed by atoms with Crippen molar-refractivity contribution in [3.63, 3.8) is 0 Å². The van der Waals surface area contributed by atoms with Gasteiger partial charge in [0, 0.05) is 54.6 Å². The number of aryl methyl sites for hydroxylation is 1. The van der Waals surface area contributed by atoms with Gasteiger partial charge >= 0.3 is 0 Å². The lowest BCUT2D eigenvalue weighted by Gasteiger charge is -2.31. The van der Waals surface area contributed by atoms with Gasteiger partial charge < -0.3 is 4.42 Å². The molecule has 0 saturated carbocycles. The van der Waals surface area contributed by atoms with E-state index in [4.69, 9.17) is 9.40 Å². The maximum absolute atomic E-state index is 5.32. The average Bonchev–Trinajstić information content (AvgIpc) is 3.18. The van der Waals surface area contributed by atoms with Crippen molar-refractivity contribution >= 4 is 11.0 Å². The molecule has 4 aromatic rings. The second-order valence-corrected chi connectivity index (χ2v) is 7.65. The molecule has 0 bridgehead atoms. The van der Waals surface area contributed by atoms with Crippen molar-refractivity contribution in [2.75, 3.05) is 13.1 Å². The Balaban J connectivity index is 1.28. The van der Waals surface area contributed by atoms with E-state index in [1.165, 1.54) is 0 Å². The van der Waals surface area contributed by atoms with E-state index in [0.717, 1.165) is 71.9 Å². The highest BCUT2D eigenvalue weighted by molar-refractivity contribution is 5.80. The van der Waals surface area contributed by atoms with Crippen LogP contribution in [-0.2, 0) is 6.54 Å². The van der Waals surface area contributed by atoms with Gasteiger partial charge in [0.1, 0.15) is 6.26 Å². The van der Waals surface area contributed by atoms with Crippen molar-refractivity contribution in [2.24, 2.45) is 0 Å². The van der Waals surface area contributed by atoms with Crippen LogP contribution in [0.25, 0.3) is 22.2 Å². The molecule has 1 aliphatic heterocycles. The van der Waals surface area contributed by atoms with Crippen LogP contribution < -0.4 is 0 Å². The van der Waals surface area contributed by atoms with E-state index in [0.29, 0.717) is 5.92 Å². The molecule has 5 heterocycles. The molecule has 1 saturated heterocycles. The summed E-state index contributed by atoms with van der Waals surface area (Å²) in [6.07, 6.45) is 9.47. The van der Waals surface area contributed by atoms with E-state index in [1.807, 2.05) is 25.3 Å². The molecule has 1 aliphatic rings. The topological polar surface area (TPSA) is 67.9 Å². The minimum atomic E-state index is 0.483. The third kappa shape index (κ3) is 3.89. The Morgan fingerprint density at radius 2 is 1.86 bits per heavy atom. The minimum absolute atomic E-state index is 0.483. The first kappa shape index (κ1) is 17.9. The molecule has 0 aromatic carbocycles. The van der Waals surface area contributed by atoms with Gasteiger partial charge in [-0.15, -0.1) is 0 Å². The molecule has 29 heavy (non-hydrogen) atoms. The predicted molar refractivity (Wildman–Crippen MR) is 111 cm³/mol. The third-order valence-corrected chi connectivity index (χ3v) is 5.64. The van der Waals surface area contributed by atoms with E-state index in [1.54, 1.807) is 18.7 Å². The third-order valence-electron chi connectivity index (χ3n) is 5.64. The summed E-state index contributed by atoms with van der Waals surface area (Å²) in [7, 11) is 0. The monoisotopic (exact) mass is 385 g/mol. The fourth-order valence-electron chi connectivity index (χ4n) is 4.05. The number of fused-ring (bicyclic) bond motifs is 1. The first-order valence-electron chi connectivity index (χ1n) is 10.0. The minimum Gasteiger partial charge on any atom is -0.449 e. The molecule has 0 amide bonds. The van der Waals surface area contributed by atoms with Crippen molar-refractivity contribution in [1.29, 1.82) is 0 Å². The molecule has 0 radical (unpaired) electrons. The number of nitrogens with zero attached hydrogens (tertiary/aromatic N) is 5. The first-order valence-corrected chi connectivity index (χ1v) is 10.0. The number of hydrogen-bond donors (Lipinski definition) is 0. The van der Waals surface area contributed by atoms with Gasteiger partial charge in [0.25, 0.3) is 0 Å². The maximum Gasteiger partial charge on any atom is 0.191 e. The summed E-state index contributed by atoms with van der Waals surface area (Å²) in [5.41, 5.74) is 5.19. The molecule has 5 rings (SSSR count). The summed E-state index contributed by atoms with van der Waals surface area (Å²) in [4.78, 5) is 20.4. The van der Waals surface area contributed by atoms with Crippen LogP contribution in [0.15, 0.2) is 59.6 Å². The van der Waals surface area contributed by atoms with Crippen LogP contribution in [0.2, 0.25) is 0 Å². The quantitative estimate of drug-likeness (QED) is 0.520. The molecule has 1 fully saturated rings. The number of aromatic nitrogens is 4. The smallest absolute Gasteiger partial charge is 0.191 e. The number of oxazole rings is 1. The fraction of sp³-hybridized carbons (Fsp3) is 0.304. The Hall–Kier alpha value is -3.12. The van der Waals surface area contributed by atoms with Crippen LogP contribution in [-0.4, -0.2) is 37.9 Å². The first-order chi connectivity index (χ1) is 14.2. The summed E-state index contributed by atoms with van der Waals surface area (Å²) >= 11 is 0. The van der Waals surface area contributed by atoms with Crippen molar-refractivity contribution < 1.29 is 4.42 Å². The highest BCUT2D eigenvalue weighted by Crippen LogP contribution is 2.29. The van der Waals surface area contributed by atoms with Crippen LogP contribution in [0.5, 0.6) is 0 Å². The summed E-state index contributed by atoms with van der Waals surface area (Å²) in [6, 6.07) is 10.5. The summed E-state index contributed by atoms with van der Waals surface area (Å²) in [5.74, 6) is 1.21. The van der Waals surface area contributed by atoms with Crippen molar-refractivity contribution in [3.05, 3.63) is 72.5 Å². The van der Waals surface area contributed by atoms with Gasteiger partial charge in [0.2, 0.25) is 0 Å². The van der Waals surface area contributed by atoms with Crippen LogP contribution in [0.3, 0.4) is 0 Å². The number of likely N-dealkylation sites (tertiary alicyclic amines) is 1. The van der Waals surface area contributed by atoms with Gasteiger partial charge in [-0.25, -0.2) is 15.0 Å². The molecular formula is C23H23N5O. The lowest BCUT2D eigenvalue weighted by molar-refractivity contribution is 0.201. The Labute approximate surface area is 169 Å². The largest absolute Gasteiger partial charge is 0.449 e.